The number of aryl methyl sites for hydroxylation is 1. The summed E-state index contributed by atoms with van der Waals surface area (Å²) in [5.74, 6) is -0.352. The minimum atomic E-state index is -4.44. The highest BCUT2D eigenvalue weighted by Crippen LogP contribution is 2.43. The lowest BCUT2D eigenvalue weighted by molar-refractivity contribution is -0.213. The zero-order valence-corrected chi connectivity index (χ0v) is 17.4. The van der Waals surface area contributed by atoms with Crippen molar-refractivity contribution in [3.05, 3.63) is 29.3 Å². The van der Waals surface area contributed by atoms with Crippen LogP contribution in [0.25, 0.3) is 11.0 Å². The van der Waals surface area contributed by atoms with Crippen LogP contribution in [0.2, 0.25) is 0 Å². The Morgan fingerprint density at radius 2 is 1.97 bits per heavy atom. The average molecular weight is 423 g/mol. The molecule has 1 saturated carbocycles. The Bertz CT molecular complexity index is 1010. The average Bonchev–Trinajstić information content (AvgIpc) is 2.95. The number of carbonyl (C=O) groups is 1. The van der Waals surface area contributed by atoms with E-state index in [1.165, 1.54) is 12.1 Å². The molecule has 8 heteroatoms. The Balaban J connectivity index is 1.82. The van der Waals surface area contributed by atoms with E-state index in [0.717, 1.165) is 33.1 Å². The summed E-state index contributed by atoms with van der Waals surface area (Å²) in [6, 6.07) is 4.51. The number of fused-ring (bicyclic) bond motifs is 1. The van der Waals surface area contributed by atoms with E-state index in [1.54, 1.807) is 0 Å². The number of halogens is 4. The molecule has 3 rings (SSSR count). The number of imidazole rings is 1. The Hall–Kier alpha value is -2.43. The molecule has 0 aliphatic heterocycles. The van der Waals surface area contributed by atoms with E-state index in [2.05, 4.69) is 11.9 Å². The first kappa shape index (κ1) is 22.3. The van der Waals surface area contributed by atoms with Gasteiger partial charge in [0.1, 0.15) is 23.5 Å². The maximum absolute atomic E-state index is 13.9. The van der Waals surface area contributed by atoms with Crippen molar-refractivity contribution in [2.75, 3.05) is 0 Å². The largest absolute Gasteiger partial charge is 0.394 e. The van der Waals surface area contributed by atoms with Crippen molar-refractivity contribution in [1.29, 1.82) is 5.26 Å². The number of rotatable bonds is 7. The topological polar surface area (TPSA) is 58.7 Å². The number of aromatic nitrogens is 2. The van der Waals surface area contributed by atoms with Crippen LogP contribution in [0.1, 0.15) is 70.7 Å². The zero-order valence-electron chi connectivity index (χ0n) is 17.4. The Labute approximate surface area is 172 Å². The van der Waals surface area contributed by atoms with Gasteiger partial charge >= 0.3 is 6.18 Å². The van der Waals surface area contributed by atoms with Crippen molar-refractivity contribution < 1.29 is 22.4 Å². The van der Waals surface area contributed by atoms with Gasteiger partial charge in [0, 0.05) is 30.9 Å². The predicted octanol–water partition coefficient (Wildman–Crippen LogP) is 5.82. The molecule has 0 saturated heterocycles. The number of nitrogens with zero attached hydrogens (tertiary/aromatic N) is 3. The van der Waals surface area contributed by atoms with Crippen molar-refractivity contribution in [2.45, 2.75) is 77.4 Å². The number of nitriles is 1. The summed E-state index contributed by atoms with van der Waals surface area (Å²) in [6.07, 6.45) is -1.45. The number of ketones is 1. The Kier molecular flexibility index (Phi) is 5.70. The molecular weight excluding hydrogens is 398 g/mol. The fourth-order valence-corrected chi connectivity index (χ4v) is 4.09. The van der Waals surface area contributed by atoms with Gasteiger partial charge in [-0.15, -0.1) is 0 Å². The van der Waals surface area contributed by atoms with E-state index in [1.807, 2.05) is 10.6 Å². The molecule has 30 heavy (non-hydrogen) atoms. The zero-order chi connectivity index (χ0) is 22.3. The summed E-state index contributed by atoms with van der Waals surface area (Å²) in [6.45, 7) is 4.11. The lowest BCUT2D eigenvalue weighted by Gasteiger charge is -2.41. The fourth-order valence-electron chi connectivity index (χ4n) is 4.09. The summed E-state index contributed by atoms with van der Waals surface area (Å²) in [4.78, 5) is 16.7. The molecule has 1 aliphatic carbocycles. The third-order valence-electron chi connectivity index (χ3n) is 6.14. The monoisotopic (exact) mass is 423 g/mol. The van der Waals surface area contributed by atoms with Gasteiger partial charge in [0.2, 0.25) is 0 Å². The Morgan fingerprint density at radius 1 is 1.30 bits per heavy atom. The molecule has 2 aromatic rings. The molecule has 0 bridgehead atoms. The van der Waals surface area contributed by atoms with Crippen LogP contribution >= 0.6 is 0 Å². The number of alkyl halides is 3. The molecule has 1 aliphatic rings. The second kappa shape index (κ2) is 7.68. The first-order chi connectivity index (χ1) is 13.9. The summed E-state index contributed by atoms with van der Waals surface area (Å²) < 4.78 is 54.9. The standard InChI is InChI=1S/C22H25F4N3O/c1-20(2,22(24,25)26)12-16(30)6-4-7-18-28-17-11-15(23)10-14(13-27)19(17)29(18)21(3)8-5-9-21/h10-11H,4-9,12H2,1-3H3. The van der Waals surface area contributed by atoms with Crippen molar-refractivity contribution in [1.82, 2.24) is 9.55 Å². The van der Waals surface area contributed by atoms with Crippen molar-refractivity contribution in [2.24, 2.45) is 5.41 Å². The van der Waals surface area contributed by atoms with Crippen molar-refractivity contribution >= 4 is 16.8 Å². The smallest absolute Gasteiger partial charge is 0.321 e. The van der Waals surface area contributed by atoms with Gasteiger partial charge in [0.25, 0.3) is 0 Å². The second-order valence-electron chi connectivity index (χ2n) is 9.10. The minimum Gasteiger partial charge on any atom is -0.321 e. The first-order valence-electron chi connectivity index (χ1n) is 10.1. The molecule has 0 spiro atoms. The summed E-state index contributed by atoms with van der Waals surface area (Å²) in [5, 5.41) is 9.48. The normalized spacial score (nSPS) is 16.3. The van der Waals surface area contributed by atoms with Gasteiger partial charge < -0.3 is 4.57 Å². The SMILES string of the molecule is CC1(n2c(CCCC(=O)CC(C)(C)C(F)(F)F)nc3cc(F)cc(C#N)c32)CCC1. The van der Waals surface area contributed by atoms with Crippen molar-refractivity contribution in [3.63, 3.8) is 0 Å². The highest BCUT2D eigenvalue weighted by molar-refractivity contribution is 5.83. The Morgan fingerprint density at radius 3 is 2.50 bits per heavy atom. The summed E-state index contributed by atoms with van der Waals surface area (Å²) >= 11 is 0. The maximum atomic E-state index is 13.9. The van der Waals surface area contributed by atoms with E-state index >= 15 is 0 Å². The molecule has 0 amide bonds. The number of benzene rings is 1. The van der Waals surface area contributed by atoms with Crippen LogP contribution in [0.4, 0.5) is 17.6 Å². The lowest BCUT2D eigenvalue weighted by atomic mass is 9.78. The third-order valence-corrected chi connectivity index (χ3v) is 6.14. The molecule has 0 radical (unpaired) electrons. The van der Waals surface area contributed by atoms with Gasteiger partial charge in [0.15, 0.2) is 0 Å². The van der Waals surface area contributed by atoms with Crippen LogP contribution in [-0.2, 0) is 16.8 Å². The molecule has 1 aromatic heterocycles. The van der Waals surface area contributed by atoms with Gasteiger partial charge in [-0.2, -0.15) is 18.4 Å². The highest BCUT2D eigenvalue weighted by Gasteiger charge is 2.48. The molecule has 162 valence electrons. The third kappa shape index (κ3) is 4.07. The highest BCUT2D eigenvalue weighted by atomic mass is 19.4. The van der Waals surface area contributed by atoms with Crippen LogP contribution in [0.15, 0.2) is 12.1 Å². The molecule has 0 atom stereocenters. The number of Topliss-reactive ketones (excluding diaryl/α,β-unsaturated/α-hetero) is 1. The summed E-state index contributed by atoms with van der Waals surface area (Å²) in [7, 11) is 0. The van der Waals surface area contributed by atoms with E-state index in [4.69, 9.17) is 0 Å². The van der Waals surface area contributed by atoms with Gasteiger partial charge in [-0.25, -0.2) is 9.37 Å². The van der Waals surface area contributed by atoms with E-state index in [9.17, 15) is 27.6 Å². The van der Waals surface area contributed by atoms with Crippen molar-refractivity contribution in [3.8, 4) is 6.07 Å². The van der Waals surface area contributed by atoms with Crippen LogP contribution in [-0.4, -0.2) is 21.5 Å². The maximum Gasteiger partial charge on any atom is 0.394 e. The molecular formula is C22H25F4N3O. The van der Waals surface area contributed by atoms with Crippen LogP contribution in [0.5, 0.6) is 0 Å². The molecule has 0 N–H and O–H groups in total. The molecule has 1 fully saturated rings. The molecule has 0 unspecified atom stereocenters. The number of hydrogen-bond acceptors (Lipinski definition) is 3. The van der Waals surface area contributed by atoms with Gasteiger partial charge in [-0.3, -0.25) is 4.79 Å². The van der Waals surface area contributed by atoms with E-state index in [0.29, 0.717) is 29.7 Å². The van der Waals surface area contributed by atoms with Crippen LogP contribution in [0.3, 0.4) is 0 Å². The van der Waals surface area contributed by atoms with Gasteiger partial charge in [-0.05, 0) is 38.7 Å². The molecule has 4 nitrogen and oxygen atoms in total. The van der Waals surface area contributed by atoms with Crippen LogP contribution < -0.4 is 0 Å². The summed E-state index contributed by atoms with van der Waals surface area (Å²) in [5.41, 5.74) is -1.12. The molecule has 1 aromatic carbocycles. The number of carbonyl (C=O) groups excluding carboxylic acids is 1. The first-order valence-corrected chi connectivity index (χ1v) is 10.1. The minimum absolute atomic E-state index is 0.0128. The molecule has 1 heterocycles. The van der Waals surface area contributed by atoms with Gasteiger partial charge in [-0.1, -0.05) is 13.8 Å². The van der Waals surface area contributed by atoms with Gasteiger partial charge in [0.05, 0.1) is 22.0 Å². The quantitative estimate of drug-likeness (QED) is 0.528. The lowest BCUT2D eigenvalue weighted by Crippen LogP contribution is -2.38. The number of hydrogen-bond donors (Lipinski definition) is 0. The second-order valence-corrected chi connectivity index (χ2v) is 9.10. The van der Waals surface area contributed by atoms with Crippen LogP contribution in [0, 0.1) is 22.6 Å². The van der Waals surface area contributed by atoms with E-state index in [-0.39, 0.29) is 17.5 Å². The fraction of sp³-hybridized carbons (Fsp3) is 0.591. The predicted molar refractivity (Wildman–Crippen MR) is 104 cm³/mol. The van der Waals surface area contributed by atoms with E-state index < -0.39 is 29.6 Å².